The Labute approximate surface area is 135 Å². The quantitative estimate of drug-likeness (QED) is 0.662. The molecule has 1 N–H and O–H groups in total. The van der Waals surface area contributed by atoms with Gasteiger partial charge < -0.3 is 0 Å². The summed E-state index contributed by atoms with van der Waals surface area (Å²) in [5.74, 6) is -0.410. The van der Waals surface area contributed by atoms with E-state index in [0.717, 1.165) is 11.4 Å². The average molecular weight is 344 g/mol. The number of rotatable bonds is 5. The molecule has 0 spiro atoms. The van der Waals surface area contributed by atoms with E-state index in [0.29, 0.717) is 15.5 Å². The van der Waals surface area contributed by atoms with E-state index < -0.39 is 5.91 Å². The summed E-state index contributed by atoms with van der Waals surface area (Å²) < 4.78 is 0. The van der Waals surface area contributed by atoms with Gasteiger partial charge in [0.15, 0.2) is 10.9 Å². The van der Waals surface area contributed by atoms with Crippen molar-refractivity contribution in [3.8, 4) is 0 Å². The topological polar surface area (TPSA) is 80.7 Å². The van der Waals surface area contributed by atoms with Crippen molar-refractivity contribution >= 4 is 45.7 Å². The molecule has 0 aliphatic carbocycles. The van der Waals surface area contributed by atoms with Crippen molar-refractivity contribution in [2.75, 3.05) is 5.32 Å². The zero-order chi connectivity index (χ0) is 15.4. The molecule has 0 fully saturated rings. The fourth-order valence-electron chi connectivity index (χ4n) is 1.38. The van der Waals surface area contributed by atoms with Crippen molar-refractivity contribution in [1.82, 2.24) is 20.2 Å². The standard InChI is InChI=1S/C12H14ClN5OS2/c1-4-8-17-18-12(21-8)16-10(19)9-7(13)5-14-11(15-9)20-6(2)3/h5-6H,4H2,1-3H3,(H,16,18,19). The van der Waals surface area contributed by atoms with E-state index in [9.17, 15) is 4.79 Å². The predicted octanol–water partition coefficient (Wildman–Crippen LogP) is 3.30. The lowest BCUT2D eigenvalue weighted by molar-refractivity contribution is 0.102. The summed E-state index contributed by atoms with van der Waals surface area (Å²) in [6.45, 7) is 6.02. The number of hydrogen-bond donors (Lipinski definition) is 1. The van der Waals surface area contributed by atoms with Gasteiger partial charge in [-0.2, -0.15) is 0 Å². The number of nitrogens with one attached hydrogen (secondary N) is 1. The monoisotopic (exact) mass is 343 g/mol. The van der Waals surface area contributed by atoms with Crippen LogP contribution in [0.1, 0.15) is 36.3 Å². The van der Waals surface area contributed by atoms with Gasteiger partial charge in [-0.25, -0.2) is 9.97 Å². The van der Waals surface area contributed by atoms with Gasteiger partial charge in [0, 0.05) is 5.25 Å². The van der Waals surface area contributed by atoms with Gasteiger partial charge in [0.1, 0.15) is 5.01 Å². The number of amides is 1. The van der Waals surface area contributed by atoms with E-state index in [1.54, 1.807) is 0 Å². The Morgan fingerprint density at radius 3 is 2.86 bits per heavy atom. The maximum atomic E-state index is 12.2. The molecule has 1 amide bonds. The van der Waals surface area contributed by atoms with E-state index in [-0.39, 0.29) is 10.7 Å². The summed E-state index contributed by atoms with van der Waals surface area (Å²) >= 11 is 8.80. The van der Waals surface area contributed by atoms with Gasteiger partial charge in [0.2, 0.25) is 5.13 Å². The Balaban J connectivity index is 2.17. The molecule has 21 heavy (non-hydrogen) atoms. The lowest BCUT2D eigenvalue weighted by atomic mass is 10.4. The zero-order valence-electron chi connectivity index (χ0n) is 11.8. The minimum atomic E-state index is -0.410. The molecule has 2 aromatic rings. The Kier molecular flexibility index (Phi) is 5.49. The van der Waals surface area contributed by atoms with Gasteiger partial charge in [-0.05, 0) is 6.42 Å². The Hall–Kier alpha value is -1.25. The molecule has 9 heteroatoms. The maximum absolute atomic E-state index is 12.2. The van der Waals surface area contributed by atoms with Crippen LogP contribution in [0, 0.1) is 0 Å². The summed E-state index contributed by atoms with van der Waals surface area (Å²) in [7, 11) is 0. The summed E-state index contributed by atoms with van der Waals surface area (Å²) in [6.07, 6.45) is 2.21. The van der Waals surface area contributed by atoms with Crippen LogP contribution in [0.3, 0.4) is 0 Å². The van der Waals surface area contributed by atoms with Crippen LogP contribution in [0.4, 0.5) is 5.13 Å². The number of carbonyl (C=O) groups excluding carboxylic acids is 1. The second-order valence-electron chi connectivity index (χ2n) is 4.32. The van der Waals surface area contributed by atoms with Gasteiger partial charge in [0.25, 0.3) is 5.91 Å². The Morgan fingerprint density at radius 1 is 1.48 bits per heavy atom. The van der Waals surface area contributed by atoms with Crippen LogP contribution >= 0.6 is 34.7 Å². The number of aromatic nitrogens is 4. The SMILES string of the molecule is CCc1nnc(NC(=O)c2nc(SC(C)C)ncc2Cl)s1. The third kappa shape index (κ3) is 4.36. The number of carbonyl (C=O) groups is 1. The molecule has 0 radical (unpaired) electrons. The molecule has 0 atom stereocenters. The van der Waals surface area contributed by atoms with Gasteiger partial charge in [-0.1, -0.05) is 55.5 Å². The lowest BCUT2D eigenvalue weighted by Crippen LogP contribution is -2.15. The molecule has 112 valence electrons. The number of nitrogens with zero attached hydrogens (tertiary/aromatic N) is 4. The highest BCUT2D eigenvalue weighted by atomic mass is 35.5. The molecule has 0 aliphatic rings. The van der Waals surface area contributed by atoms with Crippen LogP contribution < -0.4 is 5.32 Å². The summed E-state index contributed by atoms with van der Waals surface area (Å²) in [5, 5.41) is 12.8. The van der Waals surface area contributed by atoms with Crippen molar-refractivity contribution in [3.05, 3.63) is 21.9 Å². The largest absolute Gasteiger partial charge is 0.295 e. The minimum Gasteiger partial charge on any atom is -0.295 e. The highest BCUT2D eigenvalue weighted by molar-refractivity contribution is 7.99. The van der Waals surface area contributed by atoms with Crippen molar-refractivity contribution < 1.29 is 4.79 Å². The number of anilines is 1. The maximum Gasteiger partial charge on any atom is 0.277 e. The van der Waals surface area contributed by atoms with Crippen molar-refractivity contribution in [1.29, 1.82) is 0 Å². The second kappa shape index (κ2) is 7.15. The molecule has 2 aromatic heterocycles. The summed E-state index contributed by atoms with van der Waals surface area (Å²) in [4.78, 5) is 20.5. The number of aryl methyl sites for hydroxylation is 1. The number of thioether (sulfide) groups is 1. The van der Waals surface area contributed by atoms with Crippen LogP contribution in [-0.4, -0.2) is 31.3 Å². The number of hydrogen-bond acceptors (Lipinski definition) is 7. The van der Waals surface area contributed by atoms with E-state index in [1.165, 1.54) is 29.3 Å². The molecule has 0 aromatic carbocycles. The molecular weight excluding hydrogens is 330 g/mol. The fourth-order valence-corrected chi connectivity index (χ4v) is 2.91. The van der Waals surface area contributed by atoms with Crippen LogP contribution in [0.2, 0.25) is 5.02 Å². The van der Waals surface area contributed by atoms with E-state index in [2.05, 4.69) is 25.5 Å². The average Bonchev–Trinajstić information content (AvgIpc) is 2.88. The minimum absolute atomic E-state index is 0.142. The second-order valence-corrected chi connectivity index (χ2v) is 7.34. The molecule has 0 saturated heterocycles. The highest BCUT2D eigenvalue weighted by Crippen LogP contribution is 2.23. The van der Waals surface area contributed by atoms with Gasteiger partial charge >= 0.3 is 0 Å². The van der Waals surface area contributed by atoms with Crippen LogP contribution in [-0.2, 0) is 6.42 Å². The third-order valence-electron chi connectivity index (χ3n) is 2.27. The Morgan fingerprint density at radius 2 is 2.24 bits per heavy atom. The molecule has 0 bridgehead atoms. The normalized spacial score (nSPS) is 10.9. The fraction of sp³-hybridized carbons (Fsp3) is 0.417. The van der Waals surface area contributed by atoms with Crippen LogP contribution in [0.15, 0.2) is 11.4 Å². The van der Waals surface area contributed by atoms with Crippen LogP contribution in [0.5, 0.6) is 0 Å². The summed E-state index contributed by atoms with van der Waals surface area (Å²) in [5.41, 5.74) is 0.142. The first kappa shape index (κ1) is 16.1. The Bertz CT molecular complexity index is 646. The molecule has 2 rings (SSSR count). The van der Waals surface area contributed by atoms with Crippen molar-refractivity contribution in [2.24, 2.45) is 0 Å². The van der Waals surface area contributed by atoms with Crippen LogP contribution in [0.25, 0.3) is 0 Å². The van der Waals surface area contributed by atoms with Gasteiger partial charge in [-0.15, -0.1) is 10.2 Å². The predicted molar refractivity (Wildman–Crippen MR) is 85.3 cm³/mol. The first-order valence-electron chi connectivity index (χ1n) is 6.32. The highest BCUT2D eigenvalue weighted by Gasteiger charge is 2.17. The first-order chi connectivity index (χ1) is 9.99. The first-order valence-corrected chi connectivity index (χ1v) is 8.40. The van der Waals surface area contributed by atoms with E-state index in [1.807, 2.05) is 20.8 Å². The van der Waals surface area contributed by atoms with Gasteiger partial charge in [-0.3, -0.25) is 10.1 Å². The molecular formula is C12H14ClN5OS2. The van der Waals surface area contributed by atoms with E-state index in [4.69, 9.17) is 11.6 Å². The molecule has 0 aliphatic heterocycles. The zero-order valence-corrected chi connectivity index (χ0v) is 14.1. The van der Waals surface area contributed by atoms with Crippen molar-refractivity contribution in [2.45, 2.75) is 37.6 Å². The molecule has 0 unspecified atom stereocenters. The molecule has 0 saturated carbocycles. The summed E-state index contributed by atoms with van der Waals surface area (Å²) in [6, 6.07) is 0. The molecule has 2 heterocycles. The smallest absolute Gasteiger partial charge is 0.277 e. The van der Waals surface area contributed by atoms with Gasteiger partial charge in [0.05, 0.1) is 11.2 Å². The van der Waals surface area contributed by atoms with E-state index >= 15 is 0 Å². The third-order valence-corrected chi connectivity index (χ3v) is 4.41. The molecule has 6 nitrogen and oxygen atoms in total. The van der Waals surface area contributed by atoms with Crippen molar-refractivity contribution in [3.63, 3.8) is 0 Å². The number of halogens is 1. The lowest BCUT2D eigenvalue weighted by Gasteiger charge is -2.06.